The van der Waals surface area contributed by atoms with Crippen molar-refractivity contribution >= 4 is 5.97 Å². The minimum atomic E-state index is -0.270. The van der Waals surface area contributed by atoms with Crippen LogP contribution in [0.15, 0.2) is 12.7 Å². The molecule has 3 heteroatoms. The third-order valence-corrected chi connectivity index (χ3v) is 1.84. The number of ether oxygens (including phenoxy) is 2. The van der Waals surface area contributed by atoms with Gasteiger partial charge in [-0.25, -0.2) is 0 Å². The van der Waals surface area contributed by atoms with Crippen molar-refractivity contribution in [3.05, 3.63) is 12.7 Å². The van der Waals surface area contributed by atoms with Crippen LogP contribution in [0.4, 0.5) is 0 Å². The van der Waals surface area contributed by atoms with Gasteiger partial charge in [-0.3, -0.25) is 4.79 Å². The molecule has 1 rings (SSSR count). The van der Waals surface area contributed by atoms with E-state index >= 15 is 0 Å². The van der Waals surface area contributed by atoms with Crippen LogP contribution in [0.2, 0.25) is 0 Å². The fourth-order valence-corrected chi connectivity index (χ4v) is 1.13. The molecule has 1 aliphatic heterocycles. The number of carbonyl (C=O) groups excluding carboxylic acids is 1. The number of carbonyl (C=O) groups is 1. The number of hydrogen-bond acceptors (Lipinski definition) is 3. The van der Waals surface area contributed by atoms with Crippen LogP contribution in [0.1, 0.15) is 19.8 Å². The summed E-state index contributed by atoms with van der Waals surface area (Å²) in [5.74, 6) is -0.183. The van der Waals surface area contributed by atoms with Crippen molar-refractivity contribution in [2.24, 2.45) is 0 Å². The molecular formula is C9H14O3. The van der Waals surface area contributed by atoms with Gasteiger partial charge in [0.2, 0.25) is 0 Å². The van der Waals surface area contributed by atoms with Crippen molar-refractivity contribution in [3.8, 4) is 0 Å². The van der Waals surface area contributed by atoms with E-state index in [1.807, 2.05) is 0 Å². The van der Waals surface area contributed by atoms with Crippen molar-refractivity contribution in [1.29, 1.82) is 0 Å². The first kappa shape index (κ1) is 9.26. The lowest BCUT2D eigenvalue weighted by molar-refractivity contribution is -0.144. The highest BCUT2D eigenvalue weighted by molar-refractivity contribution is 5.71. The number of epoxide rings is 1. The van der Waals surface area contributed by atoms with E-state index in [1.54, 1.807) is 13.0 Å². The quantitative estimate of drug-likeness (QED) is 0.354. The van der Waals surface area contributed by atoms with Gasteiger partial charge in [0.15, 0.2) is 0 Å². The molecule has 1 atom stereocenters. The van der Waals surface area contributed by atoms with E-state index in [0.717, 1.165) is 6.42 Å². The monoisotopic (exact) mass is 170 g/mol. The van der Waals surface area contributed by atoms with E-state index in [4.69, 9.17) is 9.47 Å². The van der Waals surface area contributed by atoms with Crippen LogP contribution in [0, 0.1) is 0 Å². The molecule has 0 spiro atoms. The fourth-order valence-electron chi connectivity index (χ4n) is 1.13. The van der Waals surface area contributed by atoms with E-state index < -0.39 is 0 Å². The summed E-state index contributed by atoms with van der Waals surface area (Å²) >= 11 is 0. The Hall–Kier alpha value is -0.830. The molecule has 0 radical (unpaired) electrons. The molecule has 1 saturated heterocycles. The first-order valence-corrected chi connectivity index (χ1v) is 4.13. The van der Waals surface area contributed by atoms with Gasteiger partial charge >= 0.3 is 5.97 Å². The zero-order valence-electron chi connectivity index (χ0n) is 7.34. The third kappa shape index (κ3) is 2.34. The van der Waals surface area contributed by atoms with E-state index in [1.165, 1.54) is 0 Å². The molecule has 0 aromatic rings. The lowest BCUT2D eigenvalue weighted by Gasteiger charge is -2.07. The molecule has 0 aromatic carbocycles. The summed E-state index contributed by atoms with van der Waals surface area (Å²) in [7, 11) is 0. The van der Waals surface area contributed by atoms with Crippen molar-refractivity contribution in [2.45, 2.75) is 25.4 Å². The predicted octanol–water partition coefficient (Wildman–Crippen LogP) is 1.28. The van der Waals surface area contributed by atoms with Gasteiger partial charge < -0.3 is 9.47 Å². The summed E-state index contributed by atoms with van der Waals surface area (Å²) in [4.78, 5) is 11.0. The van der Waals surface area contributed by atoms with Crippen molar-refractivity contribution in [1.82, 2.24) is 0 Å². The second kappa shape index (κ2) is 3.72. The van der Waals surface area contributed by atoms with Crippen molar-refractivity contribution in [2.75, 3.05) is 13.2 Å². The van der Waals surface area contributed by atoms with Gasteiger partial charge in [-0.2, -0.15) is 0 Å². The first-order chi connectivity index (χ1) is 5.72. The normalized spacial score (nSPS) is 26.4. The predicted molar refractivity (Wildman–Crippen MR) is 44.7 cm³/mol. The van der Waals surface area contributed by atoms with Gasteiger partial charge in [-0.05, 0) is 13.3 Å². The Morgan fingerprint density at radius 1 is 1.83 bits per heavy atom. The number of hydrogen-bond donors (Lipinski definition) is 0. The van der Waals surface area contributed by atoms with Crippen LogP contribution < -0.4 is 0 Å². The largest absolute Gasteiger partial charge is 0.466 e. The van der Waals surface area contributed by atoms with Crippen LogP contribution in [0.3, 0.4) is 0 Å². The molecule has 1 aliphatic rings. The molecule has 1 unspecified atom stereocenters. The summed E-state index contributed by atoms with van der Waals surface area (Å²) < 4.78 is 9.99. The van der Waals surface area contributed by atoms with Gasteiger partial charge in [0.05, 0.1) is 19.6 Å². The van der Waals surface area contributed by atoms with Crippen LogP contribution in [0.25, 0.3) is 0 Å². The smallest absolute Gasteiger partial charge is 0.308 e. The molecule has 1 fully saturated rings. The Labute approximate surface area is 72.4 Å². The first-order valence-electron chi connectivity index (χ1n) is 4.13. The summed E-state index contributed by atoms with van der Waals surface area (Å²) in [6, 6.07) is 0. The second-order valence-corrected chi connectivity index (χ2v) is 2.95. The Morgan fingerprint density at radius 2 is 2.50 bits per heavy atom. The van der Waals surface area contributed by atoms with E-state index in [0.29, 0.717) is 19.6 Å². The highest BCUT2D eigenvalue weighted by Crippen LogP contribution is 2.35. The van der Waals surface area contributed by atoms with Crippen molar-refractivity contribution < 1.29 is 14.3 Å². The van der Waals surface area contributed by atoms with Crippen molar-refractivity contribution in [3.63, 3.8) is 0 Å². The molecule has 68 valence electrons. The van der Waals surface area contributed by atoms with E-state index in [2.05, 4.69) is 6.58 Å². The average molecular weight is 170 g/mol. The summed E-state index contributed by atoms with van der Waals surface area (Å²) in [5.41, 5.74) is -0.270. The molecule has 0 N–H and O–H groups in total. The van der Waals surface area contributed by atoms with E-state index in [-0.39, 0.29) is 11.6 Å². The maximum absolute atomic E-state index is 11.0. The van der Waals surface area contributed by atoms with E-state index in [9.17, 15) is 4.79 Å². The SMILES string of the molecule is C=CCC1(CC(=O)OCC)CO1. The Morgan fingerprint density at radius 3 is 2.92 bits per heavy atom. The highest BCUT2D eigenvalue weighted by atomic mass is 16.6. The summed E-state index contributed by atoms with van der Waals surface area (Å²) in [6.45, 7) is 6.49. The Kier molecular flexibility index (Phi) is 2.87. The van der Waals surface area contributed by atoms with Crippen LogP contribution in [-0.2, 0) is 14.3 Å². The second-order valence-electron chi connectivity index (χ2n) is 2.95. The molecule has 0 saturated carbocycles. The molecule has 0 aliphatic carbocycles. The molecule has 0 bridgehead atoms. The lowest BCUT2D eigenvalue weighted by atomic mass is 10.0. The van der Waals surface area contributed by atoms with Gasteiger partial charge in [-0.15, -0.1) is 6.58 Å². The molecular weight excluding hydrogens is 156 g/mol. The van der Waals surface area contributed by atoms with Crippen LogP contribution in [0.5, 0.6) is 0 Å². The highest BCUT2D eigenvalue weighted by Gasteiger charge is 2.45. The minimum Gasteiger partial charge on any atom is -0.466 e. The van der Waals surface area contributed by atoms with Gasteiger partial charge in [0.25, 0.3) is 0 Å². The molecule has 12 heavy (non-hydrogen) atoms. The maximum atomic E-state index is 11.0. The minimum absolute atomic E-state index is 0.183. The van der Waals surface area contributed by atoms with Crippen LogP contribution >= 0.6 is 0 Å². The lowest BCUT2D eigenvalue weighted by Crippen LogP contribution is -2.18. The van der Waals surface area contributed by atoms with Crippen LogP contribution in [-0.4, -0.2) is 24.8 Å². The Balaban J connectivity index is 2.29. The summed E-state index contributed by atoms with van der Waals surface area (Å²) in [6.07, 6.45) is 2.85. The molecule has 0 amide bonds. The molecule has 0 aromatic heterocycles. The Bertz CT molecular complexity index is 182. The molecule has 3 nitrogen and oxygen atoms in total. The van der Waals surface area contributed by atoms with Gasteiger partial charge in [0, 0.05) is 0 Å². The topological polar surface area (TPSA) is 38.8 Å². The number of esters is 1. The summed E-state index contributed by atoms with van der Waals surface area (Å²) in [5, 5.41) is 0. The fraction of sp³-hybridized carbons (Fsp3) is 0.667. The zero-order valence-corrected chi connectivity index (χ0v) is 7.34. The molecule has 1 heterocycles. The zero-order chi connectivity index (χ0) is 9.03. The number of rotatable bonds is 5. The average Bonchev–Trinajstić information content (AvgIpc) is 2.70. The third-order valence-electron chi connectivity index (χ3n) is 1.84. The van der Waals surface area contributed by atoms with Gasteiger partial charge in [-0.1, -0.05) is 6.08 Å². The standard InChI is InChI=1S/C9H14O3/c1-3-5-9(7-12-9)6-8(10)11-4-2/h3H,1,4-7H2,2H3. The maximum Gasteiger partial charge on any atom is 0.308 e. The van der Waals surface area contributed by atoms with Gasteiger partial charge in [0.1, 0.15) is 5.60 Å².